The zero-order valence-corrected chi connectivity index (χ0v) is 18.8. The van der Waals surface area contributed by atoms with Crippen molar-refractivity contribution in [2.75, 3.05) is 46.6 Å². The largest absolute Gasteiger partial charge is 0.496 e. The summed E-state index contributed by atoms with van der Waals surface area (Å²) in [5.74, 6) is 1.23. The highest BCUT2D eigenvalue weighted by Gasteiger charge is 2.34. The van der Waals surface area contributed by atoms with Gasteiger partial charge in [0.15, 0.2) is 0 Å². The van der Waals surface area contributed by atoms with Crippen LogP contribution in [0, 0.1) is 0 Å². The molecule has 1 aromatic heterocycles. The second-order valence-electron chi connectivity index (χ2n) is 8.15. The average molecular weight is 462 g/mol. The summed E-state index contributed by atoms with van der Waals surface area (Å²) in [6.45, 7) is 1.53. The number of hydrogen-bond acceptors (Lipinski definition) is 4. The van der Waals surface area contributed by atoms with Gasteiger partial charge in [-0.05, 0) is 43.1 Å². The van der Waals surface area contributed by atoms with Gasteiger partial charge >= 0.3 is 0 Å². The van der Waals surface area contributed by atoms with E-state index in [0.29, 0.717) is 50.6 Å². The van der Waals surface area contributed by atoms with Gasteiger partial charge in [0, 0.05) is 41.3 Å². The summed E-state index contributed by atoms with van der Waals surface area (Å²) in [5.41, 5.74) is 3.93. The maximum absolute atomic E-state index is 13.5. The zero-order valence-electron chi connectivity index (χ0n) is 18.8. The van der Waals surface area contributed by atoms with Crippen molar-refractivity contribution in [3.63, 3.8) is 0 Å². The molecule has 5 nitrogen and oxygen atoms in total. The third kappa shape index (κ3) is 5.28. The molecule has 3 aromatic rings. The first-order valence-corrected chi connectivity index (χ1v) is 11.3. The molecule has 33 heavy (non-hydrogen) atoms. The molecule has 1 aliphatic rings. The fourth-order valence-electron chi connectivity index (χ4n) is 4.58. The molecule has 1 atom stereocenters. The number of para-hydroxylation sites is 1. The maximum atomic E-state index is 13.5. The highest BCUT2D eigenvalue weighted by Crippen LogP contribution is 2.42. The lowest BCUT2D eigenvalue weighted by atomic mass is 9.91. The predicted molar refractivity (Wildman–Crippen MR) is 123 cm³/mol. The first-order valence-electron chi connectivity index (χ1n) is 11.3. The first-order chi connectivity index (χ1) is 16.1. The number of H-pyrrole nitrogens is 1. The minimum Gasteiger partial charge on any atom is -0.496 e. The Bertz CT molecular complexity index is 1060. The molecule has 1 unspecified atom stereocenters. The number of benzene rings is 2. The lowest BCUT2D eigenvalue weighted by molar-refractivity contribution is 0.0691. The van der Waals surface area contributed by atoms with Gasteiger partial charge in [0.05, 0.1) is 26.4 Å². The van der Waals surface area contributed by atoms with Crippen molar-refractivity contribution >= 4 is 10.9 Å². The number of methoxy groups -OCH3 is 1. The number of alkyl halides is 3. The van der Waals surface area contributed by atoms with E-state index in [4.69, 9.17) is 9.47 Å². The van der Waals surface area contributed by atoms with Gasteiger partial charge in [0.1, 0.15) is 18.1 Å². The molecule has 8 heteroatoms. The summed E-state index contributed by atoms with van der Waals surface area (Å²) in [7, 11) is 1.58. The molecule has 0 spiro atoms. The smallest absolute Gasteiger partial charge is 0.251 e. The lowest BCUT2D eigenvalue weighted by Gasteiger charge is -2.36. The third-order valence-corrected chi connectivity index (χ3v) is 6.04. The molecule has 178 valence electrons. The first kappa shape index (κ1) is 23.4. The zero-order chi connectivity index (χ0) is 23.2. The molecule has 0 saturated heterocycles. The Morgan fingerprint density at radius 1 is 1.18 bits per heavy atom. The van der Waals surface area contributed by atoms with Gasteiger partial charge in [-0.2, -0.15) is 0 Å². The van der Waals surface area contributed by atoms with Crippen LogP contribution in [-0.2, 0) is 6.42 Å². The van der Waals surface area contributed by atoms with Crippen LogP contribution in [-0.4, -0.2) is 62.9 Å². The SMILES string of the molecule is COc1cc(OCCNCCCF)ccc1C1c2[nH]c3ccccc3c2CCN1CC(F)F. The van der Waals surface area contributed by atoms with Crippen LogP contribution < -0.4 is 14.8 Å². The standard InChI is InChI=1S/C25H30F3N3O2/c1-32-22-15-17(33-14-12-29-11-4-10-26)7-8-20(22)25-24-19(9-13-31(25)16-23(27)28)18-5-2-3-6-21(18)30-24/h2-3,5-8,15,23,25,29-30H,4,9-14,16H2,1H3. The van der Waals surface area contributed by atoms with Gasteiger partial charge in [-0.1, -0.05) is 18.2 Å². The number of halogens is 3. The van der Waals surface area contributed by atoms with Crippen molar-refractivity contribution in [2.45, 2.75) is 25.3 Å². The summed E-state index contributed by atoms with van der Waals surface area (Å²) in [6, 6.07) is 13.2. The van der Waals surface area contributed by atoms with Gasteiger partial charge in [-0.15, -0.1) is 0 Å². The Morgan fingerprint density at radius 3 is 2.82 bits per heavy atom. The Balaban J connectivity index is 1.62. The second kappa shape index (κ2) is 10.9. The van der Waals surface area contributed by atoms with E-state index in [-0.39, 0.29) is 19.3 Å². The second-order valence-corrected chi connectivity index (χ2v) is 8.15. The Morgan fingerprint density at radius 2 is 2.03 bits per heavy atom. The molecule has 2 heterocycles. The molecule has 0 amide bonds. The van der Waals surface area contributed by atoms with E-state index in [1.807, 2.05) is 35.2 Å². The lowest BCUT2D eigenvalue weighted by Crippen LogP contribution is -2.39. The molecule has 0 bridgehead atoms. The van der Waals surface area contributed by atoms with Crippen LogP contribution in [0.1, 0.15) is 29.3 Å². The van der Waals surface area contributed by atoms with E-state index >= 15 is 0 Å². The monoisotopic (exact) mass is 461 g/mol. The van der Waals surface area contributed by atoms with E-state index in [2.05, 4.69) is 16.4 Å². The van der Waals surface area contributed by atoms with Gasteiger partial charge < -0.3 is 19.8 Å². The number of ether oxygens (including phenoxy) is 2. The van der Waals surface area contributed by atoms with Crippen LogP contribution in [0.5, 0.6) is 11.5 Å². The van der Waals surface area contributed by atoms with Gasteiger partial charge in [0.2, 0.25) is 0 Å². The van der Waals surface area contributed by atoms with Crippen molar-refractivity contribution in [1.29, 1.82) is 0 Å². The minimum absolute atomic E-state index is 0.314. The number of aromatic amines is 1. The van der Waals surface area contributed by atoms with E-state index in [9.17, 15) is 13.2 Å². The van der Waals surface area contributed by atoms with E-state index < -0.39 is 6.43 Å². The molecule has 0 fully saturated rings. The highest BCUT2D eigenvalue weighted by atomic mass is 19.3. The van der Waals surface area contributed by atoms with E-state index in [0.717, 1.165) is 22.2 Å². The van der Waals surface area contributed by atoms with Crippen LogP contribution in [0.4, 0.5) is 13.2 Å². The molecule has 0 radical (unpaired) electrons. The normalized spacial score (nSPS) is 16.3. The fraction of sp³-hybridized carbons (Fsp3) is 0.440. The Hall–Kier alpha value is -2.71. The third-order valence-electron chi connectivity index (χ3n) is 6.04. The molecule has 0 aliphatic carbocycles. The fourth-order valence-corrected chi connectivity index (χ4v) is 4.58. The van der Waals surface area contributed by atoms with Gasteiger partial charge in [0.25, 0.3) is 6.43 Å². The molecular weight excluding hydrogens is 431 g/mol. The van der Waals surface area contributed by atoms with Crippen LogP contribution in [0.15, 0.2) is 42.5 Å². The summed E-state index contributed by atoms with van der Waals surface area (Å²) >= 11 is 0. The summed E-state index contributed by atoms with van der Waals surface area (Å²) in [6.07, 6.45) is -1.24. The Labute approximate surface area is 191 Å². The molecular formula is C25H30F3N3O2. The highest BCUT2D eigenvalue weighted by molar-refractivity contribution is 5.85. The van der Waals surface area contributed by atoms with Gasteiger partial charge in [-0.3, -0.25) is 9.29 Å². The van der Waals surface area contributed by atoms with Crippen molar-refractivity contribution in [3.8, 4) is 11.5 Å². The number of aromatic nitrogens is 1. The number of nitrogens with zero attached hydrogens (tertiary/aromatic N) is 1. The number of rotatable bonds is 11. The van der Waals surface area contributed by atoms with Crippen molar-refractivity contribution in [1.82, 2.24) is 15.2 Å². The number of nitrogens with one attached hydrogen (secondary N) is 2. The maximum Gasteiger partial charge on any atom is 0.251 e. The van der Waals surface area contributed by atoms with Crippen LogP contribution in [0.25, 0.3) is 10.9 Å². The van der Waals surface area contributed by atoms with E-state index in [1.54, 1.807) is 13.2 Å². The average Bonchev–Trinajstić information content (AvgIpc) is 3.19. The quantitative estimate of drug-likeness (QED) is 0.406. The summed E-state index contributed by atoms with van der Waals surface area (Å²) in [4.78, 5) is 5.30. The summed E-state index contributed by atoms with van der Waals surface area (Å²) in [5, 5.41) is 4.25. The van der Waals surface area contributed by atoms with Crippen molar-refractivity contribution in [3.05, 3.63) is 59.3 Å². The number of fused-ring (bicyclic) bond motifs is 3. The molecule has 0 saturated carbocycles. The topological polar surface area (TPSA) is 49.5 Å². The summed E-state index contributed by atoms with van der Waals surface area (Å²) < 4.78 is 50.6. The van der Waals surface area contributed by atoms with Crippen LogP contribution >= 0.6 is 0 Å². The minimum atomic E-state index is -2.43. The number of hydrogen-bond donors (Lipinski definition) is 2. The van der Waals surface area contributed by atoms with Crippen molar-refractivity contribution in [2.24, 2.45) is 0 Å². The predicted octanol–water partition coefficient (Wildman–Crippen LogP) is 4.72. The molecule has 4 rings (SSSR count). The molecule has 2 N–H and O–H groups in total. The molecule has 1 aliphatic heterocycles. The van der Waals surface area contributed by atoms with E-state index in [1.165, 1.54) is 5.56 Å². The Kier molecular flexibility index (Phi) is 7.77. The van der Waals surface area contributed by atoms with Crippen LogP contribution in [0.2, 0.25) is 0 Å². The molecule has 2 aromatic carbocycles. The van der Waals surface area contributed by atoms with Crippen molar-refractivity contribution < 1.29 is 22.6 Å². The van der Waals surface area contributed by atoms with Crippen LogP contribution in [0.3, 0.4) is 0 Å². The van der Waals surface area contributed by atoms with Gasteiger partial charge in [-0.25, -0.2) is 8.78 Å².